The van der Waals surface area contributed by atoms with E-state index in [0.717, 1.165) is 16.7 Å². The van der Waals surface area contributed by atoms with Crippen molar-refractivity contribution in [2.45, 2.75) is 6.61 Å². The first-order valence-corrected chi connectivity index (χ1v) is 6.24. The Bertz CT molecular complexity index is 568. The summed E-state index contributed by atoms with van der Waals surface area (Å²) in [6.07, 6.45) is 0. The van der Waals surface area contributed by atoms with Crippen molar-refractivity contribution in [3.05, 3.63) is 42.0 Å². The zero-order valence-electron chi connectivity index (χ0n) is 11.8. The fraction of sp³-hybridized carbons (Fsp3) is 0.250. The topological polar surface area (TPSA) is 47.9 Å². The SMILES string of the molecule is COc1cc(-c2ccccc2CO)cc(OC)c1OC. The molecule has 0 aliphatic rings. The minimum atomic E-state index is -0.0210. The molecular weight excluding hydrogens is 256 g/mol. The molecule has 106 valence electrons. The van der Waals surface area contributed by atoms with Crippen molar-refractivity contribution in [1.82, 2.24) is 0 Å². The van der Waals surface area contributed by atoms with Crippen LogP contribution in [0.3, 0.4) is 0 Å². The molecule has 0 fully saturated rings. The van der Waals surface area contributed by atoms with Crippen LogP contribution in [0.25, 0.3) is 11.1 Å². The fourth-order valence-electron chi connectivity index (χ4n) is 2.18. The van der Waals surface area contributed by atoms with Crippen LogP contribution < -0.4 is 14.2 Å². The van der Waals surface area contributed by atoms with Gasteiger partial charge in [0.05, 0.1) is 27.9 Å². The number of aliphatic hydroxyl groups excluding tert-OH is 1. The summed E-state index contributed by atoms with van der Waals surface area (Å²) in [5, 5.41) is 9.45. The molecule has 0 saturated heterocycles. The molecule has 0 aliphatic heterocycles. The molecule has 0 heterocycles. The van der Waals surface area contributed by atoms with Crippen LogP contribution in [0, 0.1) is 0 Å². The molecule has 0 amide bonds. The molecule has 0 saturated carbocycles. The van der Waals surface area contributed by atoms with Crippen LogP contribution in [0.5, 0.6) is 17.2 Å². The minimum Gasteiger partial charge on any atom is -0.493 e. The van der Waals surface area contributed by atoms with E-state index in [9.17, 15) is 5.11 Å². The smallest absolute Gasteiger partial charge is 0.203 e. The van der Waals surface area contributed by atoms with Gasteiger partial charge in [0.2, 0.25) is 5.75 Å². The van der Waals surface area contributed by atoms with E-state index in [4.69, 9.17) is 14.2 Å². The van der Waals surface area contributed by atoms with E-state index in [1.807, 2.05) is 36.4 Å². The maximum atomic E-state index is 9.45. The first-order valence-electron chi connectivity index (χ1n) is 6.24. The average molecular weight is 274 g/mol. The highest BCUT2D eigenvalue weighted by Gasteiger charge is 2.15. The zero-order chi connectivity index (χ0) is 14.5. The van der Waals surface area contributed by atoms with E-state index in [1.165, 1.54) is 0 Å². The second kappa shape index (κ2) is 6.30. The number of hydrogen-bond donors (Lipinski definition) is 1. The van der Waals surface area contributed by atoms with E-state index in [2.05, 4.69) is 0 Å². The number of methoxy groups -OCH3 is 3. The summed E-state index contributed by atoms with van der Waals surface area (Å²) in [5.74, 6) is 1.74. The molecule has 4 nitrogen and oxygen atoms in total. The van der Waals surface area contributed by atoms with E-state index < -0.39 is 0 Å². The number of aliphatic hydroxyl groups is 1. The maximum Gasteiger partial charge on any atom is 0.203 e. The lowest BCUT2D eigenvalue weighted by atomic mass is 9.99. The lowest BCUT2D eigenvalue weighted by Gasteiger charge is -2.15. The fourth-order valence-corrected chi connectivity index (χ4v) is 2.18. The van der Waals surface area contributed by atoms with E-state index >= 15 is 0 Å². The Morgan fingerprint density at radius 3 is 2.00 bits per heavy atom. The maximum absolute atomic E-state index is 9.45. The van der Waals surface area contributed by atoms with Gasteiger partial charge in [-0.1, -0.05) is 24.3 Å². The van der Waals surface area contributed by atoms with Gasteiger partial charge in [0.15, 0.2) is 11.5 Å². The van der Waals surface area contributed by atoms with Crippen molar-refractivity contribution in [3.63, 3.8) is 0 Å². The van der Waals surface area contributed by atoms with E-state index in [1.54, 1.807) is 21.3 Å². The molecule has 0 aliphatic carbocycles. The summed E-state index contributed by atoms with van der Waals surface area (Å²) in [7, 11) is 4.74. The Hall–Kier alpha value is -2.20. The molecular formula is C16H18O4. The van der Waals surface area contributed by atoms with Gasteiger partial charge in [-0.3, -0.25) is 0 Å². The minimum absolute atomic E-state index is 0.0210. The van der Waals surface area contributed by atoms with Gasteiger partial charge >= 0.3 is 0 Å². The molecule has 0 spiro atoms. The van der Waals surface area contributed by atoms with Crippen molar-refractivity contribution in [3.8, 4) is 28.4 Å². The molecule has 4 heteroatoms. The summed E-state index contributed by atoms with van der Waals surface area (Å²) in [6, 6.07) is 11.4. The van der Waals surface area contributed by atoms with Crippen LogP contribution in [-0.2, 0) is 6.61 Å². The van der Waals surface area contributed by atoms with Gasteiger partial charge in [-0.25, -0.2) is 0 Å². The summed E-state index contributed by atoms with van der Waals surface area (Å²) in [6.45, 7) is -0.0210. The molecule has 2 aromatic rings. The lowest BCUT2D eigenvalue weighted by molar-refractivity contribution is 0.282. The van der Waals surface area contributed by atoms with Crippen LogP contribution >= 0.6 is 0 Å². The molecule has 0 unspecified atom stereocenters. The van der Waals surface area contributed by atoms with Gasteiger partial charge in [0.1, 0.15) is 0 Å². The number of rotatable bonds is 5. The van der Waals surface area contributed by atoms with Gasteiger partial charge in [0, 0.05) is 0 Å². The Labute approximate surface area is 118 Å². The highest BCUT2D eigenvalue weighted by atomic mass is 16.5. The third-order valence-corrected chi connectivity index (χ3v) is 3.16. The normalized spacial score (nSPS) is 10.2. The van der Waals surface area contributed by atoms with Gasteiger partial charge in [-0.05, 0) is 28.8 Å². The van der Waals surface area contributed by atoms with Crippen molar-refractivity contribution >= 4 is 0 Å². The summed E-state index contributed by atoms with van der Waals surface area (Å²) >= 11 is 0. The van der Waals surface area contributed by atoms with Gasteiger partial charge in [-0.15, -0.1) is 0 Å². The lowest BCUT2D eigenvalue weighted by Crippen LogP contribution is -1.96. The van der Waals surface area contributed by atoms with Crippen molar-refractivity contribution in [1.29, 1.82) is 0 Å². The summed E-state index contributed by atoms with van der Waals surface area (Å²) in [4.78, 5) is 0. The monoisotopic (exact) mass is 274 g/mol. The standard InChI is InChI=1S/C16H18O4/c1-18-14-8-12(9-15(19-2)16(14)20-3)13-7-5-4-6-11(13)10-17/h4-9,17H,10H2,1-3H3. The number of hydrogen-bond acceptors (Lipinski definition) is 4. The molecule has 20 heavy (non-hydrogen) atoms. The summed E-state index contributed by atoms with van der Waals surface area (Å²) < 4.78 is 16.0. The first-order chi connectivity index (χ1) is 9.74. The first kappa shape index (κ1) is 14.2. The number of ether oxygens (including phenoxy) is 3. The third kappa shape index (κ3) is 2.56. The highest BCUT2D eigenvalue weighted by molar-refractivity contribution is 5.73. The van der Waals surface area contributed by atoms with Gasteiger partial charge in [0.25, 0.3) is 0 Å². The zero-order valence-corrected chi connectivity index (χ0v) is 11.8. The molecule has 0 radical (unpaired) electrons. The predicted molar refractivity (Wildman–Crippen MR) is 77.5 cm³/mol. The van der Waals surface area contributed by atoms with Crippen molar-refractivity contribution in [2.24, 2.45) is 0 Å². The van der Waals surface area contributed by atoms with E-state index in [-0.39, 0.29) is 6.61 Å². The Morgan fingerprint density at radius 2 is 1.50 bits per heavy atom. The van der Waals surface area contributed by atoms with Gasteiger partial charge < -0.3 is 19.3 Å². The highest BCUT2D eigenvalue weighted by Crippen LogP contribution is 2.41. The quantitative estimate of drug-likeness (QED) is 0.910. The Balaban J connectivity index is 2.63. The van der Waals surface area contributed by atoms with Crippen molar-refractivity contribution < 1.29 is 19.3 Å². The second-order valence-corrected chi connectivity index (χ2v) is 4.23. The van der Waals surface area contributed by atoms with Crippen LogP contribution in [0.2, 0.25) is 0 Å². The molecule has 0 bridgehead atoms. The predicted octanol–water partition coefficient (Wildman–Crippen LogP) is 2.87. The second-order valence-electron chi connectivity index (χ2n) is 4.23. The van der Waals surface area contributed by atoms with Crippen LogP contribution in [-0.4, -0.2) is 26.4 Å². The molecule has 2 rings (SSSR count). The summed E-state index contributed by atoms with van der Waals surface area (Å²) in [5.41, 5.74) is 2.69. The molecule has 0 atom stereocenters. The van der Waals surface area contributed by atoms with Crippen LogP contribution in [0.1, 0.15) is 5.56 Å². The van der Waals surface area contributed by atoms with E-state index in [0.29, 0.717) is 17.2 Å². The Kier molecular flexibility index (Phi) is 4.48. The molecule has 0 aromatic heterocycles. The Morgan fingerprint density at radius 1 is 0.900 bits per heavy atom. The van der Waals surface area contributed by atoms with Crippen molar-refractivity contribution in [2.75, 3.05) is 21.3 Å². The molecule has 1 N–H and O–H groups in total. The van der Waals surface area contributed by atoms with Gasteiger partial charge in [-0.2, -0.15) is 0 Å². The van der Waals surface area contributed by atoms with Crippen LogP contribution in [0.4, 0.5) is 0 Å². The van der Waals surface area contributed by atoms with Crippen LogP contribution in [0.15, 0.2) is 36.4 Å². The third-order valence-electron chi connectivity index (χ3n) is 3.16. The number of benzene rings is 2. The molecule has 2 aromatic carbocycles. The average Bonchev–Trinajstić information content (AvgIpc) is 2.53. The largest absolute Gasteiger partial charge is 0.493 e.